The highest BCUT2D eigenvalue weighted by atomic mass is 16.5. The van der Waals surface area contributed by atoms with Gasteiger partial charge >= 0.3 is 5.97 Å². The van der Waals surface area contributed by atoms with Gasteiger partial charge in [-0.25, -0.2) is 0 Å². The number of carbonyl (C=O) groups is 1. The zero-order valence-corrected chi connectivity index (χ0v) is 10.5. The number of ether oxygens (including phenoxy) is 1. The number of hydrogen-bond donors (Lipinski definition) is 1. The first-order valence-electron chi connectivity index (χ1n) is 5.62. The van der Waals surface area contributed by atoms with Crippen molar-refractivity contribution < 1.29 is 14.6 Å². The van der Waals surface area contributed by atoms with Crippen molar-refractivity contribution >= 4 is 5.97 Å². The van der Waals surface area contributed by atoms with Crippen LogP contribution in [0.15, 0.2) is 0 Å². The molecule has 0 radical (unpaired) electrons. The van der Waals surface area contributed by atoms with Crippen molar-refractivity contribution in [2.75, 3.05) is 6.61 Å². The van der Waals surface area contributed by atoms with Gasteiger partial charge < -0.3 is 9.84 Å². The number of carbonyl (C=O) groups excluding carboxylic acids is 1. The first-order chi connectivity index (χ1) is 6.78. The molecule has 3 nitrogen and oxygen atoms in total. The molecule has 3 heteroatoms. The molecule has 0 aromatic rings. The maximum absolute atomic E-state index is 11.6. The summed E-state index contributed by atoms with van der Waals surface area (Å²) < 4.78 is 5.18. The van der Waals surface area contributed by atoms with Crippen molar-refractivity contribution in [3.05, 3.63) is 0 Å². The van der Waals surface area contributed by atoms with E-state index in [-0.39, 0.29) is 17.3 Å². The average molecular weight is 216 g/mol. The Morgan fingerprint density at radius 3 is 2.27 bits per heavy atom. The lowest BCUT2D eigenvalue weighted by molar-refractivity contribution is -0.155. The Bertz CT molecular complexity index is 192. The molecule has 0 saturated heterocycles. The monoisotopic (exact) mass is 216 g/mol. The van der Waals surface area contributed by atoms with Crippen LogP contribution in [0.4, 0.5) is 0 Å². The third kappa shape index (κ3) is 6.50. The van der Waals surface area contributed by atoms with Crippen LogP contribution in [-0.2, 0) is 9.53 Å². The van der Waals surface area contributed by atoms with E-state index in [0.717, 1.165) is 6.42 Å². The molecule has 1 N–H and O–H groups in total. The number of hydrogen-bond acceptors (Lipinski definition) is 3. The SMILES string of the molecule is CCC[C@H](C(=O)OCC(C)(C)C)[C@H](C)O. The van der Waals surface area contributed by atoms with Gasteiger partial charge in [-0.1, -0.05) is 34.1 Å². The second-order valence-electron chi connectivity index (χ2n) is 5.30. The highest BCUT2D eigenvalue weighted by Crippen LogP contribution is 2.17. The quantitative estimate of drug-likeness (QED) is 0.718. The van der Waals surface area contributed by atoms with Gasteiger partial charge in [-0.2, -0.15) is 0 Å². The summed E-state index contributed by atoms with van der Waals surface area (Å²) in [6.45, 7) is 10.1. The molecular weight excluding hydrogens is 192 g/mol. The summed E-state index contributed by atoms with van der Waals surface area (Å²) in [5.41, 5.74) is -0.0227. The standard InChI is InChI=1S/C12H24O3/c1-6-7-10(9(2)13)11(14)15-8-12(3,4)5/h9-10,13H,6-8H2,1-5H3/t9-,10-/m0/s1. The highest BCUT2D eigenvalue weighted by molar-refractivity contribution is 5.73. The summed E-state index contributed by atoms with van der Waals surface area (Å²) in [6.07, 6.45) is 0.929. The molecule has 0 aliphatic carbocycles. The molecule has 0 aliphatic heterocycles. The number of aliphatic hydroxyl groups excluding tert-OH is 1. The van der Waals surface area contributed by atoms with E-state index in [4.69, 9.17) is 4.74 Å². The second-order valence-corrected chi connectivity index (χ2v) is 5.30. The van der Waals surface area contributed by atoms with Crippen LogP contribution in [0.5, 0.6) is 0 Å². The smallest absolute Gasteiger partial charge is 0.311 e. The van der Waals surface area contributed by atoms with Crippen molar-refractivity contribution in [2.24, 2.45) is 11.3 Å². The topological polar surface area (TPSA) is 46.5 Å². The van der Waals surface area contributed by atoms with E-state index in [1.54, 1.807) is 6.92 Å². The Hall–Kier alpha value is -0.570. The van der Waals surface area contributed by atoms with Gasteiger partial charge in [-0.05, 0) is 18.8 Å². The van der Waals surface area contributed by atoms with Crippen molar-refractivity contribution in [3.8, 4) is 0 Å². The molecule has 0 aliphatic rings. The lowest BCUT2D eigenvalue weighted by Gasteiger charge is -2.22. The van der Waals surface area contributed by atoms with E-state index in [0.29, 0.717) is 13.0 Å². The Morgan fingerprint density at radius 2 is 1.93 bits per heavy atom. The first-order valence-corrected chi connectivity index (χ1v) is 5.62. The molecule has 0 saturated carbocycles. The van der Waals surface area contributed by atoms with Crippen LogP contribution in [0.2, 0.25) is 0 Å². The van der Waals surface area contributed by atoms with Gasteiger partial charge in [0.1, 0.15) is 0 Å². The Morgan fingerprint density at radius 1 is 1.40 bits per heavy atom. The van der Waals surface area contributed by atoms with Crippen molar-refractivity contribution in [3.63, 3.8) is 0 Å². The normalized spacial score (nSPS) is 15.9. The number of aliphatic hydroxyl groups is 1. The van der Waals surface area contributed by atoms with Crippen molar-refractivity contribution in [2.45, 2.75) is 53.6 Å². The summed E-state index contributed by atoms with van der Waals surface area (Å²) >= 11 is 0. The summed E-state index contributed by atoms with van der Waals surface area (Å²) in [7, 11) is 0. The molecule has 90 valence electrons. The molecule has 0 bridgehead atoms. The maximum atomic E-state index is 11.6. The predicted molar refractivity (Wildman–Crippen MR) is 60.5 cm³/mol. The molecule has 15 heavy (non-hydrogen) atoms. The maximum Gasteiger partial charge on any atom is 0.311 e. The minimum absolute atomic E-state index is 0.0227. The largest absolute Gasteiger partial charge is 0.465 e. The fraction of sp³-hybridized carbons (Fsp3) is 0.917. The molecule has 0 rings (SSSR count). The molecule has 0 unspecified atom stereocenters. The molecule has 0 fully saturated rings. The average Bonchev–Trinajstić information content (AvgIpc) is 2.08. The highest BCUT2D eigenvalue weighted by Gasteiger charge is 2.25. The fourth-order valence-corrected chi connectivity index (χ4v) is 1.26. The fourth-order valence-electron chi connectivity index (χ4n) is 1.26. The van der Waals surface area contributed by atoms with Crippen LogP contribution >= 0.6 is 0 Å². The van der Waals surface area contributed by atoms with Gasteiger partial charge in [-0.15, -0.1) is 0 Å². The van der Waals surface area contributed by atoms with Gasteiger partial charge in [0, 0.05) is 0 Å². The van der Waals surface area contributed by atoms with E-state index in [2.05, 4.69) is 0 Å². The molecule has 0 spiro atoms. The van der Waals surface area contributed by atoms with E-state index >= 15 is 0 Å². The minimum Gasteiger partial charge on any atom is -0.465 e. The van der Waals surface area contributed by atoms with Gasteiger partial charge in [0.2, 0.25) is 0 Å². The molecular formula is C12H24O3. The zero-order valence-electron chi connectivity index (χ0n) is 10.5. The predicted octanol–water partition coefficient (Wildman–Crippen LogP) is 2.37. The van der Waals surface area contributed by atoms with E-state index in [1.807, 2.05) is 27.7 Å². The van der Waals surface area contributed by atoms with Crippen molar-refractivity contribution in [1.82, 2.24) is 0 Å². The summed E-state index contributed by atoms with van der Waals surface area (Å²) in [5.74, 6) is -0.654. The van der Waals surface area contributed by atoms with Gasteiger partial charge in [0.05, 0.1) is 18.6 Å². The summed E-state index contributed by atoms with van der Waals surface area (Å²) in [5, 5.41) is 9.44. The second kappa shape index (κ2) is 6.11. The van der Waals surface area contributed by atoms with E-state index in [1.165, 1.54) is 0 Å². The minimum atomic E-state index is -0.627. The first kappa shape index (κ1) is 14.4. The third-order valence-electron chi connectivity index (χ3n) is 2.13. The Balaban J connectivity index is 4.15. The summed E-state index contributed by atoms with van der Waals surface area (Å²) in [6, 6.07) is 0. The van der Waals surface area contributed by atoms with Crippen LogP contribution < -0.4 is 0 Å². The lowest BCUT2D eigenvalue weighted by Crippen LogP contribution is -2.30. The molecule has 2 atom stereocenters. The summed E-state index contributed by atoms with van der Waals surface area (Å²) in [4.78, 5) is 11.6. The van der Waals surface area contributed by atoms with Crippen molar-refractivity contribution in [1.29, 1.82) is 0 Å². The lowest BCUT2D eigenvalue weighted by atomic mass is 9.97. The van der Waals surface area contributed by atoms with Crippen LogP contribution in [0.3, 0.4) is 0 Å². The third-order valence-corrected chi connectivity index (χ3v) is 2.13. The van der Waals surface area contributed by atoms with Crippen LogP contribution in [-0.4, -0.2) is 23.8 Å². The Kier molecular flexibility index (Phi) is 5.88. The molecule has 0 amide bonds. The van der Waals surface area contributed by atoms with Crippen LogP contribution in [0, 0.1) is 11.3 Å². The molecule has 0 aromatic heterocycles. The Labute approximate surface area is 92.8 Å². The number of rotatable bonds is 5. The van der Waals surface area contributed by atoms with Gasteiger partial charge in [0.15, 0.2) is 0 Å². The zero-order chi connectivity index (χ0) is 12.1. The van der Waals surface area contributed by atoms with E-state index in [9.17, 15) is 9.90 Å². The van der Waals surface area contributed by atoms with Crippen LogP contribution in [0.25, 0.3) is 0 Å². The molecule has 0 aromatic carbocycles. The van der Waals surface area contributed by atoms with Gasteiger partial charge in [0.25, 0.3) is 0 Å². The van der Waals surface area contributed by atoms with Gasteiger partial charge in [-0.3, -0.25) is 4.79 Å². The number of esters is 1. The van der Waals surface area contributed by atoms with Crippen LogP contribution in [0.1, 0.15) is 47.5 Å². The van der Waals surface area contributed by atoms with E-state index < -0.39 is 6.10 Å². The molecule has 0 heterocycles.